The fourth-order valence-electron chi connectivity index (χ4n) is 1.66. The normalized spacial score (nSPS) is 10.3. The molecule has 2 aromatic carbocycles. The second-order valence-electron chi connectivity index (χ2n) is 3.28. The van der Waals surface area contributed by atoms with Crippen molar-refractivity contribution < 1.29 is 9.47 Å². The van der Waals surface area contributed by atoms with Crippen molar-refractivity contribution in [3.05, 3.63) is 36.4 Å². The first-order valence-corrected chi connectivity index (χ1v) is 5.04. The SMILES string of the molecule is CCOc1ccc2cccc(OC)c2c1. The van der Waals surface area contributed by atoms with Gasteiger partial charge in [-0.1, -0.05) is 18.2 Å². The molecule has 2 rings (SSSR count). The third-order valence-electron chi connectivity index (χ3n) is 2.34. The fraction of sp³-hybridized carbons (Fsp3) is 0.231. The Hall–Kier alpha value is -1.70. The molecule has 2 aromatic rings. The van der Waals surface area contributed by atoms with Gasteiger partial charge in [0.25, 0.3) is 0 Å². The van der Waals surface area contributed by atoms with E-state index in [4.69, 9.17) is 9.47 Å². The smallest absolute Gasteiger partial charge is 0.126 e. The van der Waals surface area contributed by atoms with E-state index >= 15 is 0 Å². The van der Waals surface area contributed by atoms with Gasteiger partial charge in [0, 0.05) is 5.39 Å². The standard InChI is InChI=1S/C13H14O2/c1-3-15-11-8-7-10-5-4-6-13(14-2)12(10)9-11/h4-9H,3H2,1-2H3. The molecule has 0 aliphatic rings. The molecule has 78 valence electrons. The van der Waals surface area contributed by atoms with Crippen molar-refractivity contribution in [2.45, 2.75) is 6.92 Å². The van der Waals surface area contributed by atoms with Gasteiger partial charge in [0.05, 0.1) is 13.7 Å². The molecule has 0 aliphatic carbocycles. The number of fused-ring (bicyclic) bond motifs is 1. The summed E-state index contributed by atoms with van der Waals surface area (Å²) in [5.41, 5.74) is 0. The lowest BCUT2D eigenvalue weighted by molar-refractivity contribution is 0.340. The molecule has 2 heteroatoms. The van der Waals surface area contributed by atoms with Gasteiger partial charge in [-0.2, -0.15) is 0 Å². The number of rotatable bonds is 3. The summed E-state index contributed by atoms with van der Waals surface area (Å²) in [6.07, 6.45) is 0. The Bertz CT molecular complexity index is 463. The van der Waals surface area contributed by atoms with E-state index in [9.17, 15) is 0 Å². The summed E-state index contributed by atoms with van der Waals surface area (Å²) >= 11 is 0. The molecule has 0 radical (unpaired) electrons. The molecule has 2 nitrogen and oxygen atoms in total. The van der Waals surface area contributed by atoms with Gasteiger partial charge in [-0.05, 0) is 30.5 Å². The van der Waals surface area contributed by atoms with E-state index in [0.717, 1.165) is 22.3 Å². The predicted octanol–water partition coefficient (Wildman–Crippen LogP) is 3.25. The summed E-state index contributed by atoms with van der Waals surface area (Å²) in [5, 5.41) is 2.25. The van der Waals surface area contributed by atoms with Crippen LogP contribution in [0, 0.1) is 0 Å². The molecular formula is C13H14O2. The van der Waals surface area contributed by atoms with Crippen LogP contribution in [0.2, 0.25) is 0 Å². The topological polar surface area (TPSA) is 18.5 Å². The molecule has 0 saturated heterocycles. The van der Waals surface area contributed by atoms with E-state index in [0.29, 0.717) is 6.61 Å². The monoisotopic (exact) mass is 202 g/mol. The Morgan fingerprint density at radius 3 is 2.73 bits per heavy atom. The average molecular weight is 202 g/mol. The van der Waals surface area contributed by atoms with E-state index in [2.05, 4.69) is 6.07 Å². The van der Waals surface area contributed by atoms with Crippen LogP contribution in [0.25, 0.3) is 10.8 Å². The Morgan fingerprint density at radius 2 is 2.00 bits per heavy atom. The lowest BCUT2D eigenvalue weighted by atomic mass is 10.1. The maximum atomic E-state index is 5.46. The van der Waals surface area contributed by atoms with Gasteiger partial charge in [0.1, 0.15) is 11.5 Å². The Kier molecular flexibility index (Phi) is 2.77. The summed E-state index contributed by atoms with van der Waals surface area (Å²) in [5.74, 6) is 1.77. The summed E-state index contributed by atoms with van der Waals surface area (Å²) in [7, 11) is 1.68. The second-order valence-corrected chi connectivity index (χ2v) is 3.28. The molecule has 0 spiro atoms. The first kappa shape index (κ1) is 9.84. The molecule has 0 heterocycles. The van der Waals surface area contributed by atoms with Crippen molar-refractivity contribution >= 4 is 10.8 Å². The number of benzene rings is 2. The Labute approximate surface area is 89.4 Å². The summed E-state index contributed by atoms with van der Waals surface area (Å²) in [4.78, 5) is 0. The van der Waals surface area contributed by atoms with Gasteiger partial charge < -0.3 is 9.47 Å². The zero-order valence-electron chi connectivity index (χ0n) is 8.99. The zero-order valence-corrected chi connectivity index (χ0v) is 8.99. The molecule has 0 aromatic heterocycles. The van der Waals surface area contributed by atoms with Crippen LogP contribution in [0.5, 0.6) is 11.5 Å². The second kappa shape index (κ2) is 4.22. The van der Waals surface area contributed by atoms with E-state index in [-0.39, 0.29) is 0 Å². The highest BCUT2D eigenvalue weighted by Gasteiger charge is 2.02. The number of methoxy groups -OCH3 is 1. The van der Waals surface area contributed by atoms with Gasteiger partial charge in [-0.15, -0.1) is 0 Å². The Morgan fingerprint density at radius 1 is 1.13 bits per heavy atom. The van der Waals surface area contributed by atoms with Gasteiger partial charge >= 0.3 is 0 Å². The van der Waals surface area contributed by atoms with Gasteiger partial charge in [-0.25, -0.2) is 0 Å². The molecule has 0 aliphatic heterocycles. The fourth-order valence-corrected chi connectivity index (χ4v) is 1.66. The van der Waals surface area contributed by atoms with Crippen molar-refractivity contribution in [3.63, 3.8) is 0 Å². The third-order valence-corrected chi connectivity index (χ3v) is 2.34. The summed E-state index contributed by atoms with van der Waals surface area (Å²) < 4.78 is 10.8. The highest BCUT2D eigenvalue weighted by molar-refractivity contribution is 5.89. The van der Waals surface area contributed by atoms with Crippen molar-refractivity contribution in [1.29, 1.82) is 0 Å². The average Bonchev–Trinajstić information content (AvgIpc) is 2.28. The molecule has 0 unspecified atom stereocenters. The molecule has 0 N–H and O–H groups in total. The highest BCUT2D eigenvalue weighted by Crippen LogP contribution is 2.28. The lowest BCUT2D eigenvalue weighted by Gasteiger charge is -2.07. The van der Waals surface area contributed by atoms with Crippen molar-refractivity contribution in [3.8, 4) is 11.5 Å². The molecule has 15 heavy (non-hydrogen) atoms. The zero-order chi connectivity index (χ0) is 10.7. The maximum absolute atomic E-state index is 5.46. The minimum absolute atomic E-state index is 0.681. The van der Waals surface area contributed by atoms with Gasteiger partial charge in [0.2, 0.25) is 0 Å². The van der Waals surface area contributed by atoms with Crippen LogP contribution in [0.4, 0.5) is 0 Å². The number of hydrogen-bond donors (Lipinski definition) is 0. The van der Waals surface area contributed by atoms with Crippen LogP contribution in [-0.4, -0.2) is 13.7 Å². The van der Waals surface area contributed by atoms with Crippen molar-refractivity contribution in [1.82, 2.24) is 0 Å². The van der Waals surface area contributed by atoms with Crippen LogP contribution >= 0.6 is 0 Å². The van der Waals surface area contributed by atoms with E-state index in [1.807, 2.05) is 37.3 Å². The maximum Gasteiger partial charge on any atom is 0.126 e. The summed E-state index contributed by atoms with van der Waals surface area (Å²) in [6.45, 7) is 2.66. The lowest BCUT2D eigenvalue weighted by Crippen LogP contribution is -1.91. The van der Waals surface area contributed by atoms with Crippen LogP contribution in [0.1, 0.15) is 6.92 Å². The first-order chi connectivity index (χ1) is 7.35. The van der Waals surface area contributed by atoms with E-state index in [1.165, 1.54) is 0 Å². The predicted molar refractivity (Wildman–Crippen MR) is 61.7 cm³/mol. The number of ether oxygens (including phenoxy) is 2. The van der Waals surface area contributed by atoms with Crippen molar-refractivity contribution in [2.24, 2.45) is 0 Å². The minimum atomic E-state index is 0.681. The molecule has 0 atom stereocenters. The van der Waals surface area contributed by atoms with Crippen LogP contribution in [0.3, 0.4) is 0 Å². The summed E-state index contributed by atoms with van der Waals surface area (Å²) in [6, 6.07) is 12.0. The minimum Gasteiger partial charge on any atom is -0.496 e. The largest absolute Gasteiger partial charge is 0.496 e. The van der Waals surface area contributed by atoms with Crippen LogP contribution < -0.4 is 9.47 Å². The molecule has 0 fully saturated rings. The first-order valence-electron chi connectivity index (χ1n) is 5.04. The van der Waals surface area contributed by atoms with E-state index < -0.39 is 0 Å². The molecular weight excluding hydrogens is 188 g/mol. The van der Waals surface area contributed by atoms with E-state index in [1.54, 1.807) is 7.11 Å². The number of hydrogen-bond acceptors (Lipinski definition) is 2. The van der Waals surface area contributed by atoms with Crippen LogP contribution in [0.15, 0.2) is 36.4 Å². The molecule has 0 bridgehead atoms. The van der Waals surface area contributed by atoms with Crippen molar-refractivity contribution in [2.75, 3.05) is 13.7 Å². The third kappa shape index (κ3) is 1.89. The quantitative estimate of drug-likeness (QED) is 0.760. The molecule has 0 saturated carbocycles. The van der Waals surface area contributed by atoms with Gasteiger partial charge in [0.15, 0.2) is 0 Å². The van der Waals surface area contributed by atoms with Crippen LogP contribution in [-0.2, 0) is 0 Å². The molecule has 0 amide bonds. The Balaban J connectivity index is 2.57. The van der Waals surface area contributed by atoms with Gasteiger partial charge in [-0.3, -0.25) is 0 Å². The highest BCUT2D eigenvalue weighted by atomic mass is 16.5.